The molecule has 3 nitrogen and oxygen atoms in total. The zero-order valence-electron chi connectivity index (χ0n) is 11.4. The third kappa shape index (κ3) is 3.35. The van der Waals surface area contributed by atoms with Gasteiger partial charge >= 0.3 is 0 Å². The predicted octanol–water partition coefficient (Wildman–Crippen LogP) is 2.05. The molecule has 0 aliphatic carbocycles. The summed E-state index contributed by atoms with van der Waals surface area (Å²) in [5, 5.41) is 9.82. The highest BCUT2D eigenvalue weighted by Gasteiger charge is 2.40. The van der Waals surface area contributed by atoms with Crippen molar-refractivity contribution in [3.05, 3.63) is 35.9 Å². The highest BCUT2D eigenvalue weighted by atomic mass is 16.6. The van der Waals surface area contributed by atoms with Crippen LogP contribution >= 0.6 is 0 Å². The lowest BCUT2D eigenvalue weighted by Crippen LogP contribution is -2.45. The Hall–Kier alpha value is -0.900. The summed E-state index contributed by atoms with van der Waals surface area (Å²) in [6, 6.07) is 10.6. The van der Waals surface area contributed by atoms with Gasteiger partial charge in [0.1, 0.15) is 0 Å². The molecule has 2 saturated heterocycles. The summed E-state index contributed by atoms with van der Waals surface area (Å²) >= 11 is 0. The van der Waals surface area contributed by atoms with Crippen molar-refractivity contribution in [3.8, 4) is 0 Å². The summed E-state index contributed by atoms with van der Waals surface area (Å²) in [4.78, 5) is 2.48. The van der Waals surface area contributed by atoms with Gasteiger partial charge in [-0.2, -0.15) is 0 Å². The van der Waals surface area contributed by atoms with E-state index in [4.69, 9.17) is 4.74 Å². The van der Waals surface area contributed by atoms with Gasteiger partial charge in [-0.05, 0) is 31.4 Å². The SMILES string of the molecule is OC[C@]1(C[C@H]2CO2)CCCN(Cc2ccccc2)C1. The zero-order chi connectivity index (χ0) is 13.1. The van der Waals surface area contributed by atoms with Crippen molar-refractivity contribution < 1.29 is 9.84 Å². The van der Waals surface area contributed by atoms with Crippen LogP contribution < -0.4 is 0 Å². The number of rotatable bonds is 5. The summed E-state index contributed by atoms with van der Waals surface area (Å²) in [7, 11) is 0. The van der Waals surface area contributed by atoms with Gasteiger partial charge in [-0.25, -0.2) is 0 Å². The van der Waals surface area contributed by atoms with Crippen LogP contribution in [0.2, 0.25) is 0 Å². The molecule has 1 N–H and O–H groups in total. The van der Waals surface area contributed by atoms with Gasteiger partial charge in [0.05, 0.1) is 19.3 Å². The number of aliphatic hydroxyl groups is 1. The first-order valence-electron chi connectivity index (χ1n) is 7.28. The number of likely N-dealkylation sites (tertiary alicyclic amines) is 1. The topological polar surface area (TPSA) is 36.0 Å². The Kier molecular flexibility index (Phi) is 3.87. The van der Waals surface area contributed by atoms with E-state index in [0.717, 1.165) is 39.1 Å². The monoisotopic (exact) mass is 261 g/mol. The molecule has 0 aromatic heterocycles. The van der Waals surface area contributed by atoms with Gasteiger partial charge in [0.25, 0.3) is 0 Å². The van der Waals surface area contributed by atoms with Crippen LogP contribution in [0.5, 0.6) is 0 Å². The molecule has 0 unspecified atom stereocenters. The lowest BCUT2D eigenvalue weighted by atomic mass is 9.77. The average molecular weight is 261 g/mol. The summed E-state index contributed by atoms with van der Waals surface area (Å²) in [5.74, 6) is 0. The average Bonchev–Trinajstić information content (AvgIpc) is 3.24. The largest absolute Gasteiger partial charge is 0.396 e. The predicted molar refractivity (Wildman–Crippen MR) is 74.8 cm³/mol. The maximum absolute atomic E-state index is 9.82. The minimum Gasteiger partial charge on any atom is -0.396 e. The quantitative estimate of drug-likeness (QED) is 0.824. The van der Waals surface area contributed by atoms with E-state index in [1.54, 1.807) is 0 Å². The van der Waals surface area contributed by atoms with Crippen LogP contribution in [0.15, 0.2) is 30.3 Å². The Balaban J connectivity index is 1.63. The number of nitrogens with zero attached hydrogens (tertiary/aromatic N) is 1. The molecule has 2 fully saturated rings. The van der Waals surface area contributed by atoms with Gasteiger partial charge in [0.15, 0.2) is 0 Å². The molecule has 0 spiro atoms. The molecule has 3 heteroatoms. The maximum atomic E-state index is 9.82. The second-order valence-corrected chi connectivity index (χ2v) is 6.12. The van der Waals surface area contributed by atoms with E-state index < -0.39 is 0 Å². The van der Waals surface area contributed by atoms with Gasteiger partial charge in [0.2, 0.25) is 0 Å². The van der Waals surface area contributed by atoms with Gasteiger partial charge in [-0.1, -0.05) is 30.3 Å². The van der Waals surface area contributed by atoms with E-state index in [0.29, 0.717) is 6.10 Å². The molecule has 2 heterocycles. The highest BCUT2D eigenvalue weighted by Crippen LogP contribution is 2.38. The molecule has 2 aliphatic heterocycles. The summed E-state index contributed by atoms with van der Waals surface area (Å²) in [6.45, 7) is 4.31. The molecule has 1 aromatic carbocycles. The van der Waals surface area contributed by atoms with Crippen molar-refractivity contribution in [2.45, 2.75) is 31.9 Å². The van der Waals surface area contributed by atoms with Crippen LogP contribution in [0, 0.1) is 5.41 Å². The minimum atomic E-state index is 0.0637. The molecule has 1 aromatic rings. The number of benzene rings is 1. The normalized spacial score (nSPS) is 31.3. The fraction of sp³-hybridized carbons (Fsp3) is 0.625. The Labute approximate surface area is 115 Å². The Morgan fingerprint density at radius 1 is 1.32 bits per heavy atom. The first-order chi connectivity index (χ1) is 9.30. The van der Waals surface area contributed by atoms with Crippen molar-refractivity contribution in [2.24, 2.45) is 5.41 Å². The number of epoxide rings is 1. The molecule has 104 valence electrons. The molecular weight excluding hydrogens is 238 g/mol. The van der Waals surface area contributed by atoms with Crippen LogP contribution in [0.4, 0.5) is 0 Å². The van der Waals surface area contributed by atoms with Crippen LogP contribution in [0.25, 0.3) is 0 Å². The molecule has 19 heavy (non-hydrogen) atoms. The van der Waals surface area contributed by atoms with Crippen molar-refractivity contribution >= 4 is 0 Å². The number of hydrogen-bond acceptors (Lipinski definition) is 3. The third-order valence-electron chi connectivity index (χ3n) is 4.39. The summed E-state index contributed by atoms with van der Waals surface area (Å²) in [5.41, 5.74) is 1.42. The Morgan fingerprint density at radius 3 is 2.79 bits per heavy atom. The summed E-state index contributed by atoms with van der Waals surface area (Å²) in [6.07, 6.45) is 3.74. The van der Waals surface area contributed by atoms with Crippen LogP contribution in [0.1, 0.15) is 24.8 Å². The molecule has 2 atom stereocenters. The van der Waals surface area contributed by atoms with Crippen LogP contribution in [0.3, 0.4) is 0 Å². The lowest BCUT2D eigenvalue weighted by molar-refractivity contribution is 0.0168. The third-order valence-corrected chi connectivity index (χ3v) is 4.39. The standard InChI is InChI=1S/C16H23NO2/c18-13-16(9-15-11-19-15)7-4-8-17(12-16)10-14-5-2-1-3-6-14/h1-3,5-6,15,18H,4,7-13H2/t15-,16-/m0/s1. The van der Waals surface area contributed by atoms with E-state index in [9.17, 15) is 5.11 Å². The van der Waals surface area contributed by atoms with E-state index in [1.165, 1.54) is 12.0 Å². The zero-order valence-corrected chi connectivity index (χ0v) is 11.4. The first kappa shape index (κ1) is 13.1. The van der Waals surface area contributed by atoms with E-state index in [2.05, 4.69) is 35.2 Å². The molecule has 0 radical (unpaired) electrons. The van der Waals surface area contributed by atoms with Crippen molar-refractivity contribution in [3.63, 3.8) is 0 Å². The van der Waals surface area contributed by atoms with Gasteiger partial charge in [-0.3, -0.25) is 4.90 Å². The van der Waals surface area contributed by atoms with Gasteiger partial charge < -0.3 is 9.84 Å². The number of ether oxygens (including phenoxy) is 1. The highest BCUT2D eigenvalue weighted by molar-refractivity contribution is 5.14. The number of hydrogen-bond donors (Lipinski definition) is 1. The molecule has 0 saturated carbocycles. The maximum Gasteiger partial charge on any atom is 0.0816 e. The van der Waals surface area contributed by atoms with E-state index in [1.807, 2.05) is 0 Å². The van der Waals surface area contributed by atoms with Gasteiger partial charge in [0, 0.05) is 18.5 Å². The van der Waals surface area contributed by atoms with Crippen LogP contribution in [-0.4, -0.2) is 42.4 Å². The first-order valence-corrected chi connectivity index (χ1v) is 7.28. The molecule has 0 bridgehead atoms. The molecule has 0 amide bonds. The van der Waals surface area contributed by atoms with Crippen molar-refractivity contribution in [2.75, 3.05) is 26.3 Å². The smallest absolute Gasteiger partial charge is 0.0816 e. The van der Waals surface area contributed by atoms with Crippen molar-refractivity contribution in [1.29, 1.82) is 0 Å². The fourth-order valence-corrected chi connectivity index (χ4v) is 3.32. The second-order valence-electron chi connectivity index (χ2n) is 6.12. The molecule has 2 aliphatic rings. The minimum absolute atomic E-state index is 0.0637. The van der Waals surface area contributed by atoms with Gasteiger partial charge in [-0.15, -0.1) is 0 Å². The molecule has 3 rings (SSSR count). The second kappa shape index (κ2) is 5.61. The molecular formula is C16H23NO2. The van der Waals surface area contributed by atoms with E-state index >= 15 is 0 Å². The number of piperidine rings is 1. The van der Waals surface area contributed by atoms with E-state index in [-0.39, 0.29) is 12.0 Å². The number of aliphatic hydroxyl groups excluding tert-OH is 1. The van der Waals surface area contributed by atoms with Crippen molar-refractivity contribution in [1.82, 2.24) is 4.90 Å². The van der Waals surface area contributed by atoms with Crippen LogP contribution in [-0.2, 0) is 11.3 Å². The Morgan fingerprint density at radius 2 is 2.11 bits per heavy atom. The fourth-order valence-electron chi connectivity index (χ4n) is 3.32. The summed E-state index contributed by atoms with van der Waals surface area (Å²) < 4.78 is 5.36. The lowest BCUT2D eigenvalue weighted by Gasteiger charge is -2.41. The Bertz CT molecular complexity index is 404.